The minimum Gasteiger partial charge on any atom is -0.490 e. The molecule has 1 atom stereocenters. The summed E-state index contributed by atoms with van der Waals surface area (Å²) in [4.78, 5) is 12.4. The maximum Gasteiger partial charge on any atom is 0.251 e. The number of nitrogens with one attached hydrogen (secondary N) is 2. The molecule has 130 valence electrons. The van der Waals surface area contributed by atoms with Crippen LogP contribution < -0.4 is 24.8 Å². The van der Waals surface area contributed by atoms with Gasteiger partial charge in [-0.25, -0.2) is 0 Å². The van der Waals surface area contributed by atoms with Gasteiger partial charge in [-0.1, -0.05) is 0 Å². The standard InChI is InChI=1S/C17H28N2O4/c1-6-21-14-9-13(17(20)19-11-12(4)18-5)10-15(22-7-2)16(14)23-8-3/h9-10,12,18H,6-8,11H2,1-5H3,(H,19,20). The van der Waals surface area contributed by atoms with E-state index in [1.807, 2.05) is 34.7 Å². The predicted molar refractivity (Wildman–Crippen MR) is 90.8 cm³/mol. The van der Waals surface area contributed by atoms with Gasteiger partial charge in [0.1, 0.15) is 0 Å². The molecule has 0 fully saturated rings. The third-order valence-corrected chi connectivity index (χ3v) is 3.23. The number of carbonyl (C=O) groups excluding carboxylic acids is 1. The Morgan fingerprint density at radius 1 is 1.04 bits per heavy atom. The zero-order chi connectivity index (χ0) is 17.2. The van der Waals surface area contributed by atoms with Crippen LogP contribution in [0.2, 0.25) is 0 Å². The largest absolute Gasteiger partial charge is 0.490 e. The molecule has 0 spiro atoms. The first-order chi connectivity index (χ1) is 11.1. The molecule has 0 saturated carbocycles. The fraction of sp³-hybridized carbons (Fsp3) is 0.588. The van der Waals surface area contributed by atoms with Gasteiger partial charge < -0.3 is 24.8 Å². The minimum atomic E-state index is -0.169. The number of likely N-dealkylation sites (N-methyl/N-ethyl adjacent to an activating group) is 1. The first-order valence-electron chi connectivity index (χ1n) is 8.09. The van der Waals surface area contributed by atoms with E-state index in [9.17, 15) is 4.79 Å². The molecule has 0 bridgehead atoms. The van der Waals surface area contributed by atoms with Crippen molar-refractivity contribution in [3.8, 4) is 17.2 Å². The molecular formula is C17H28N2O4. The number of ether oxygens (including phenoxy) is 3. The Morgan fingerprint density at radius 2 is 1.57 bits per heavy atom. The molecule has 1 unspecified atom stereocenters. The number of benzene rings is 1. The van der Waals surface area contributed by atoms with Crippen LogP contribution in [0.4, 0.5) is 0 Å². The molecule has 0 aliphatic heterocycles. The van der Waals surface area contributed by atoms with E-state index in [2.05, 4.69) is 10.6 Å². The monoisotopic (exact) mass is 324 g/mol. The second kappa shape index (κ2) is 9.94. The van der Waals surface area contributed by atoms with Crippen molar-refractivity contribution in [1.29, 1.82) is 0 Å². The van der Waals surface area contributed by atoms with Crippen molar-refractivity contribution >= 4 is 5.91 Å². The summed E-state index contributed by atoms with van der Waals surface area (Å²) in [6.45, 7) is 9.65. The molecule has 1 aromatic carbocycles. The lowest BCUT2D eigenvalue weighted by atomic mass is 10.1. The van der Waals surface area contributed by atoms with Crippen molar-refractivity contribution in [3.05, 3.63) is 17.7 Å². The molecule has 1 aromatic rings. The fourth-order valence-electron chi connectivity index (χ4n) is 1.97. The van der Waals surface area contributed by atoms with Gasteiger partial charge in [-0.3, -0.25) is 4.79 Å². The number of rotatable bonds is 10. The van der Waals surface area contributed by atoms with Gasteiger partial charge in [-0.2, -0.15) is 0 Å². The Bertz CT molecular complexity index is 478. The van der Waals surface area contributed by atoms with Crippen LogP contribution in [0.5, 0.6) is 17.2 Å². The summed E-state index contributed by atoms with van der Waals surface area (Å²) in [5, 5.41) is 5.96. The summed E-state index contributed by atoms with van der Waals surface area (Å²) in [5.74, 6) is 1.41. The smallest absolute Gasteiger partial charge is 0.251 e. The zero-order valence-electron chi connectivity index (χ0n) is 14.7. The molecule has 2 N–H and O–H groups in total. The normalized spacial score (nSPS) is 11.7. The highest BCUT2D eigenvalue weighted by Gasteiger charge is 2.18. The van der Waals surface area contributed by atoms with Crippen LogP contribution in [0, 0.1) is 0 Å². The highest BCUT2D eigenvalue weighted by atomic mass is 16.5. The molecule has 6 heteroatoms. The molecule has 23 heavy (non-hydrogen) atoms. The number of hydrogen-bond donors (Lipinski definition) is 2. The zero-order valence-corrected chi connectivity index (χ0v) is 14.7. The van der Waals surface area contributed by atoms with Crippen molar-refractivity contribution in [2.24, 2.45) is 0 Å². The molecule has 0 aromatic heterocycles. The molecule has 0 aliphatic carbocycles. The Hall–Kier alpha value is -1.95. The van der Waals surface area contributed by atoms with E-state index in [0.717, 1.165) is 0 Å². The molecule has 0 saturated heterocycles. The second-order valence-electron chi connectivity index (χ2n) is 5.00. The van der Waals surface area contributed by atoms with Crippen LogP contribution in [0.1, 0.15) is 38.1 Å². The average Bonchev–Trinajstić information content (AvgIpc) is 2.55. The van der Waals surface area contributed by atoms with Gasteiger partial charge in [0.2, 0.25) is 5.75 Å². The molecule has 6 nitrogen and oxygen atoms in total. The molecule has 0 heterocycles. The lowest BCUT2D eigenvalue weighted by molar-refractivity contribution is 0.0949. The van der Waals surface area contributed by atoms with E-state index in [0.29, 0.717) is 49.2 Å². The van der Waals surface area contributed by atoms with E-state index in [1.165, 1.54) is 0 Å². The highest BCUT2D eigenvalue weighted by molar-refractivity contribution is 5.95. The van der Waals surface area contributed by atoms with Gasteiger partial charge in [-0.15, -0.1) is 0 Å². The second-order valence-corrected chi connectivity index (χ2v) is 5.00. The number of carbonyl (C=O) groups is 1. The topological polar surface area (TPSA) is 68.8 Å². The van der Waals surface area contributed by atoms with Gasteiger partial charge in [0.25, 0.3) is 5.91 Å². The van der Waals surface area contributed by atoms with Gasteiger partial charge in [0.05, 0.1) is 19.8 Å². The highest BCUT2D eigenvalue weighted by Crippen LogP contribution is 2.39. The quantitative estimate of drug-likeness (QED) is 0.691. The summed E-state index contributed by atoms with van der Waals surface area (Å²) in [6.07, 6.45) is 0. The van der Waals surface area contributed by atoms with Gasteiger partial charge in [-0.05, 0) is 46.9 Å². The molecule has 1 rings (SSSR count). The van der Waals surface area contributed by atoms with E-state index < -0.39 is 0 Å². The fourth-order valence-corrected chi connectivity index (χ4v) is 1.97. The first kappa shape index (κ1) is 19.1. The van der Waals surface area contributed by atoms with Crippen LogP contribution in [-0.4, -0.2) is 45.4 Å². The van der Waals surface area contributed by atoms with E-state index in [-0.39, 0.29) is 11.9 Å². The van der Waals surface area contributed by atoms with Crippen LogP contribution in [0.3, 0.4) is 0 Å². The lowest BCUT2D eigenvalue weighted by Gasteiger charge is -2.17. The Kier molecular flexibility index (Phi) is 8.26. The lowest BCUT2D eigenvalue weighted by Crippen LogP contribution is -2.37. The molecule has 0 aliphatic rings. The molecule has 1 amide bonds. The minimum absolute atomic E-state index is 0.169. The van der Waals surface area contributed by atoms with E-state index in [1.54, 1.807) is 12.1 Å². The van der Waals surface area contributed by atoms with Crippen molar-refractivity contribution in [2.75, 3.05) is 33.4 Å². The van der Waals surface area contributed by atoms with E-state index >= 15 is 0 Å². The Balaban J connectivity index is 3.09. The van der Waals surface area contributed by atoms with Crippen LogP contribution >= 0.6 is 0 Å². The Morgan fingerprint density at radius 3 is 2.00 bits per heavy atom. The van der Waals surface area contributed by atoms with Gasteiger partial charge in [0.15, 0.2) is 11.5 Å². The van der Waals surface area contributed by atoms with Crippen molar-refractivity contribution < 1.29 is 19.0 Å². The van der Waals surface area contributed by atoms with Crippen molar-refractivity contribution in [1.82, 2.24) is 10.6 Å². The number of hydrogen-bond acceptors (Lipinski definition) is 5. The van der Waals surface area contributed by atoms with Crippen LogP contribution in [0.25, 0.3) is 0 Å². The maximum absolute atomic E-state index is 12.4. The summed E-state index contributed by atoms with van der Waals surface area (Å²) in [6, 6.07) is 3.58. The third-order valence-electron chi connectivity index (χ3n) is 3.23. The summed E-state index contributed by atoms with van der Waals surface area (Å²) >= 11 is 0. The molecule has 0 radical (unpaired) electrons. The number of amides is 1. The van der Waals surface area contributed by atoms with Crippen molar-refractivity contribution in [3.63, 3.8) is 0 Å². The van der Waals surface area contributed by atoms with Crippen LogP contribution in [0.15, 0.2) is 12.1 Å². The SMILES string of the molecule is CCOc1cc(C(=O)NCC(C)NC)cc(OCC)c1OCC. The Labute approximate surface area is 138 Å². The van der Waals surface area contributed by atoms with Gasteiger partial charge in [0, 0.05) is 18.2 Å². The predicted octanol–water partition coefficient (Wildman–Crippen LogP) is 2.22. The van der Waals surface area contributed by atoms with Crippen LogP contribution in [-0.2, 0) is 0 Å². The summed E-state index contributed by atoms with van der Waals surface area (Å²) in [5.41, 5.74) is 0.489. The first-order valence-corrected chi connectivity index (χ1v) is 8.09. The van der Waals surface area contributed by atoms with E-state index in [4.69, 9.17) is 14.2 Å². The molecular weight excluding hydrogens is 296 g/mol. The average molecular weight is 324 g/mol. The van der Waals surface area contributed by atoms with Gasteiger partial charge >= 0.3 is 0 Å². The maximum atomic E-state index is 12.4. The summed E-state index contributed by atoms with van der Waals surface area (Å²) in [7, 11) is 1.86. The van der Waals surface area contributed by atoms with Crippen molar-refractivity contribution in [2.45, 2.75) is 33.7 Å². The third kappa shape index (κ3) is 5.63. The summed E-state index contributed by atoms with van der Waals surface area (Å²) < 4.78 is 16.9.